The molecular formula is C11H15N3O2S2. The van der Waals surface area contributed by atoms with Gasteiger partial charge in [-0.05, 0) is 0 Å². The van der Waals surface area contributed by atoms with Gasteiger partial charge in [0.15, 0.2) is 0 Å². The van der Waals surface area contributed by atoms with E-state index in [2.05, 4.69) is 9.97 Å². The molecule has 0 saturated heterocycles. The monoisotopic (exact) mass is 285 g/mol. The Morgan fingerprint density at radius 2 is 2.17 bits per heavy atom. The normalized spacial score (nSPS) is 12.2. The van der Waals surface area contributed by atoms with Crippen molar-refractivity contribution in [3.05, 3.63) is 28.5 Å². The van der Waals surface area contributed by atoms with Gasteiger partial charge in [-0.15, -0.1) is 11.3 Å². The first-order chi connectivity index (χ1) is 8.40. The molecule has 0 aliphatic heterocycles. The third-order valence-corrected chi connectivity index (χ3v) is 5.28. The first-order valence-electron chi connectivity index (χ1n) is 5.54. The lowest BCUT2D eigenvalue weighted by Crippen LogP contribution is -2.11. The van der Waals surface area contributed by atoms with E-state index in [1.807, 2.05) is 13.8 Å². The molecule has 0 saturated carbocycles. The smallest absolute Gasteiger partial charge is 0.227 e. The highest BCUT2D eigenvalue weighted by atomic mass is 32.2. The molecule has 18 heavy (non-hydrogen) atoms. The summed E-state index contributed by atoms with van der Waals surface area (Å²) in [6, 6.07) is 0. The molecule has 0 radical (unpaired) electrons. The van der Waals surface area contributed by atoms with Gasteiger partial charge in [-0.25, -0.2) is 18.4 Å². The van der Waals surface area contributed by atoms with E-state index in [0.29, 0.717) is 11.6 Å². The molecular weight excluding hydrogens is 270 g/mol. The van der Waals surface area contributed by atoms with Crippen molar-refractivity contribution in [1.29, 1.82) is 0 Å². The Morgan fingerprint density at radius 1 is 1.44 bits per heavy atom. The molecule has 2 rings (SSSR count). The summed E-state index contributed by atoms with van der Waals surface area (Å²) in [6.07, 6.45) is 3.10. The largest absolute Gasteiger partial charge is 0.325 e. The fourth-order valence-electron chi connectivity index (χ4n) is 1.56. The van der Waals surface area contributed by atoms with E-state index in [1.165, 1.54) is 22.1 Å². The zero-order chi connectivity index (χ0) is 13.3. The van der Waals surface area contributed by atoms with Crippen LogP contribution >= 0.6 is 11.3 Å². The molecule has 98 valence electrons. The molecule has 0 aromatic carbocycles. The van der Waals surface area contributed by atoms with Crippen molar-refractivity contribution < 1.29 is 8.42 Å². The molecule has 0 atom stereocenters. The summed E-state index contributed by atoms with van der Waals surface area (Å²) >= 11 is 1.50. The van der Waals surface area contributed by atoms with Crippen LogP contribution in [0.25, 0.3) is 0 Å². The fourth-order valence-corrected chi connectivity index (χ4v) is 3.89. The molecule has 0 fully saturated rings. The summed E-state index contributed by atoms with van der Waals surface area (Å²) in [4.78, 5) is 8.21. The fraction of sp³-hybridized carbons (Fsp3) is 0.455. The van der Waals surface area contributed by atoms with Gasteiger partial charge in [-0.3, -0.25) is 0 Å². The van der Waals surface area contributed by atoms with Gasteiger partial charge in [-0.2, -0.15) is 0 Å². The Balaban J connectivity index is 2.25. The molecule has 2 aromatic rings. The Bertz CT molecular complexity index is 641. The van der Waals surface area contributed by atoms with E-state index in [1.54, 1.807) is 18.6 Å². The average molecular weight is 285 g/mol. The van der Waals surface area contributed by atoms with Crippen LogP contribution in [0.15, 0.2) is 22.9 Å². The molecule has 0 aliphatic carbocycles. The molecule has 0 bridgehead atoms. The van der Waals surface area contributed by atoms with E-state index in [9.17, 15) is 8.42 Å². The summed E-state index contributed by atoms with van der Waals surface area (Å²) in [6.45, 7) is 4.08. The Hall–Kier alpha value is -1.21. The lowest BCUT2D eigenvalue weighted by Gasteiger charge is -2.02. The van der Waals surface area contributed by atoms with Crippen molar-refractivity contribution in [2.24, 2.45) is 7.05 Å². The quantitative estimate of drug-likeness (QED) is 0.861. The third kappa shape index (κ3) is 2.62. The number of thiazole rings is 1. The Kier molecular flexibility index (Phi) is 3.54. The maximum atomic E-state index is 12.1. The molecule has 0 amide bonds. The average Bonchev–Trinajstić information content (AvgIpc) is 2.86. The van der Waals surface area contributed by atoms with Crippen molar-refractivity contribution in [2.75, 3.05) is 0 Å². The van der Waals surface area contributed by atoms with Crippen molar-refractivity contribution in [3.63, 3.8) is 0 Å². The minimum absolute atomic E-state index is 0.0848. The maximum absolute atomic E-state index is 12.1. The first kappa shape index (κ1) is 13.2. The van der Waals surface area contributed by atoms with Gasteiger partial charge in [0, 0.05) is 30.7 Å². The lowest BCUT2D eigenvalue weighted by molar-refractivity contribution is 0.577. The minimum Gasteiger partial charge on any atom is -0.325 e. The van der Waals surface area contributed by atoms with E-state index >= 15 is 0 Å². The zero-order valence-electron chi connectivity index (χ0n) is 10.5. The second-order valence-electron chi connectivity index (χ2n) is 4.41. The number of hydrogen-bond donors (Lipinski definition) is 0. The highest BCUT2D eigenvalue weighted by molar-refractivity contribution is 7.90. The second kappa shape index (κ2) is 4.81. The van der Waals surface area contributed by atoms with Gasteiger partial charge in [0.05, 0.1) is 10.7 Å². The van der Waals surface area contributed by atoms with Gasteiger partial charge < -0.3 is 4.57 Å². The summed E-state index contributed by atoms with van der Waals surface area (Å²) in [5.74, 6) is 0.223. The Labute approximate surface area is 110 Å². The number of hydrogen-bond acceptors (Lipinski definition) is 5. The first-order valence-corrected chi connectivity index (χ1v) is 8.07. The number of sulfone groups is 1. The summed E-state index contributed by atoms with van der Waals surface area (Å²) in [5, 5.41) is 2.84. The second-order valence-corrected chi connectivity index (χ2v) is 7.18. The van der Waals surface area contributed by atoms with E-state index in [-0.39, 0.29) is 10.9 Å². The van der Waals surface area contributed by atoms with Crippen molar-refractivity contribution in [2.45, 2.75) is 30.7 Å². The lowest BCUT2D eigenvalue weighted by atomic mass is 10.2. The molecule has 7 heteroatoms. The zero-order valence-corrected chi connectivity index (χ0v) is 12.1. The number of aryl methyl sites for hydroxylation is 1. The highest BCUT2D eigenvalue weighted by Crippen LogP contribution is 2.21. The standard InChI is InChI=1S/C11H15N3O2S2/c1-8(2)10-13-9(6-17-10)7-18(15,16)11-12-4-5-14(11)3/h4-6,8H,7H2,1-3H3. The predicted molar refractivity (Wildman–Crippen MR) is 70.3 cm³/mol. The van der Waals surface area contributed by atoms with Gasteiger partial charge in [0.2, 0.25) is 15.0 Å². The van der Waals surface area contributed by atoms with Crippen LogP contribution in [0.2, 0.25) is 0 Å². The van der Waals surface area contributed by atoms with Crippen molar-refractivity contribution in [3.8, 4) is 0 Å². The van der Waals surface area contributed by atoms with Gasteiger partial charge in [0.1, 0.15) is 5.75 Å². The van der Waals surface area contributed by atoms with Crippen LogP contribution in [-0.2, 0) is 22.6 Å². The number of rotatable bonds is 4. The highest BCUT2D eigenvalue weighted by Gasteiger charge is 2.21. The summed E-state index contributed by atoms with van der Waals surface area (Å²) in [5.41, 5.74) is 0.590. The van der Waals surface area contributed by atoms with Crippen LogP contribution in [0, 0.1) is 0 Å². The maximum Gasteiger partial charge on any atom is 0.227 e. The van der Waals surface area contributed by atoms with Crippen LogP contribution in [0.4, 0.5) is 0 Å². The van der Waals surface area contributed by atoms with Crippen LogP contribution in [0.5, 0.6) is 0 Å². The van der Waals surface area contributed by atoms with Crippen LogP contribution in [-0.4, -0.2) is 23.0 Å². The minimum atomic E-state index is -3.42. The van der Waals surface area contributed by atoms with E-state index in [0.717, 1.165) is 5.01 Å². The predicted octanol–water partition coefficient (Wildman–Crippen LogP) is 1.97. The molecule has 2 heterocycles. The molecule has 0 aliphatic rings. The molecule has 2 aromatic heterocycles. The molecule has 0 spiro atoms. The topological polar surface area (TPSA) is 64.8 Å². The van der Waals surface area contributed by atoms with Crippen molar-refractivity contribution >= 4 is 21.2 Å². The molecule has 0 N–H and O–H groups in total. The third-order valence-electron chi connectivity index (χ3n) is 2.46. The Morgan fingerprint density at radius 3 is 2.67 bits per heavy atom. The molecule has 5 nitrogen and oxygen atoms in total. The van der Waals surface area contributed by atoms with E-state index < -0.39 is 9.84 Å². The SMILES string of the molecule is CC(C)c1nc(CS(=O)(=O)c2nccn2C)cs1. The number of nitrogens with zero attached hydrogens (tertiary/aromatic N) is 3. The van der Waals surface area contributed by atoms with Crippen LogP contribution in [0.1, 0.15) is 30.5 Å². The van der Waals surface area contributed by atoms with Crippen LogP contribution in [0.3, 0.4) is 0 Å². The van der Waals surface area contributed by atoms with Gasteiger partial charge in [-0.1, -0.05) is 13.8 Å². The number of imidazole rings is 1. The number of aromatic nitrogens is 3. The molecule has 0 unspecified atom stereocenters. The summed E-state index contributed by atoms with van der Waals surface area (Å²) < 4.78 is 25.8. The van der Waals surface area contributed by atoms with Gasteiger partial charge >= 0.3 is 0 Å². The van der Waals surface area contributed by atoms with E-state index in [4.69, 9.17) is 0 Å². The summed E-state index contributed by atoms with van der Waals surface area (Å²) in [7, 11) is -1.75. The van der Waals surface area contributed by atoms with Crippen LogP contribution < -0.4 is 0 Å². The van der Waals surface area contributed by atoms with Gasteiger partial charge in [0.25, 0.3) is 0 Å². The van der Waals surface area contributed by atoms with Crippen molar-refractivity contribution in [1.82, 2.24) is 14.5 Å².